The van der Waals surface area contributed by atoms with E-state index in [2.05, 4.69) is 54.6 Å². The number of nitrogens with zero attached hydrogens (tertiary/aromatic N) is 2. The Morgan fingerprint density at radius 3 is 2.67 bits per heavy atom. The van der Waals surface area contributed by atoms with Crippen molar-refractivity contribution in [3.8, 4) is 0 Å². The van der Waals surface area contributed by atoms with Crippen LogP contribution in [0.2, 0.25) is 0 Å². The first-order valence-electron chi connectivity index (χ1n) is 7.84. The number of amides is 1. The van der Waals surface area contributed by atoms with E-state index in [0.717, 1.165) is 15.0 Å². The first-order chi connectivity index (χ1) is 11.2. The van der Waals surface area contributed by atoms with Gasteiger partial charge in [0.25, 0.3) is 0 Å². The summed E-state index contributed by atoms with van der Waals surface area (Å²) in [5, 5.41) is 15.3. The Bertz CT molecular complexity index is 694. The molecule has 5 nitrogen and oxygen atoms in total. The minimum Gasteiger partial charge on any atom is -0.355 e. The third-order valence-corrected chi connectivity index (χ3v) is 5.22. The van der Waals surface area contributed by atoms with Gasteiger partial charge in [0.05, 0.1) is 11.8 Å². The molecule has 1 unspecified atom stereocenters. The zero-order chi connectivity index (χ0) is 17.7. The number of carbonyl (C=O) groups is 1. The van der Waals surface area contributed by atoms with E-state index >= 15 is 0 Å². The molecule has 1 heterocycles. The van der Waals surface area contributed by atoms with Gasteiger partial charge in [0, 0.05) is 5.54 Å². The van der Waals surface area contributed by atoms with E-state index < -0.39 is 0 Å². The summed E-state index contributed by atoms with van der Waals surface area (Å²) in [6.45, 7) is 10.3. The first kappa shape index (κ1) is 18.7. The number of nitrogens with one attached hydrogen (secondary N) is 2. The first-order valence-corrected chi connectivity index (χ1v) is 9.64. The number of rotatable bonds is 6. The second-order valence-corrected chi connectivity index (χ2v) is 8.88. The normalized spacial score (nSPS) is 12.7. The summed E-state index contributed by atoms with van der Waals surface area (Å²) in [6, 6.07) is 8.08. The maximum absolute atomic E-state index is 12.2. The van der Waals surface area contributed by atoms with Crippen LogP contribution in [0.5, 0.6) is 0 Å². The molecule has 130 valence electrons. The Labute approximate surface area is 151 Å². The number of carbonyl (C=O) groups excluding carboxylic acids is 1. The van der Waals surface area contributed by atoms with E-state index in [-0.39, 0.29) is 17.5 Å². The quantitative estimate of drug-likeness (QED) is 0.758. The topological polar surface area (TPSA) is 66.9 Å². The van der Waals surface area contributed by atoms with Crippen LogP contribution in [0.3, 0.4) is 0 Å². The van der Waals surface area contributed by atoms with Gasteiger partial charge in [-0.3, -0.25) is 4.79 Å². The molecule has 2 rings (SSSR count). The van der Waals surface area contributed by atoms with E-state index in [0.29, 0.717) is 5.75 Å². The fourth-order valence-electron chi connectivity index (χ4n) is 2.20. The van der Waals surface area contributed by atoms with Gasteiger partial charge in [-0.05, 0) is 45.7 Å². The minimum absolute atomic E-state index is 0.00344. The monoisotopic (exact) mass is 364 g/mol. The van der Waals surface area contributed by atoms with Crippen molar-refractivity contribution in [1.29, 1.82) is 0 Å². The lowest BCUT2D eigenvalue weighted by molar-refractivity contribution is -0.119. The summed E-state index contributed by atoms with van der Waals surface area (Å²) >= 11 is 2.88. The van der Waals surface area contributed by atoms with Crippen LogP contribution in [0.1, 0.15) is 44.9 Å². The van der Waals surface area contributed by atoms with E-state index in [1.807, 2.05) is 25.1 Å². The van der Waals surface area contributed by atoms with Crippen molar-refractivity contribution < 1.29 is 4.79 Å². The van der Waals surface area contributed by atoms with Crippen LogP contribution >= 0.6 is 23.1 Å². The molecule has 0 aliphatic carbocycles. The Balaban J connectivity index is 1.84. The summed E-state index contributed by atoms with van der Waals surface area (Å²) in [6.07, 6.45) is 0. The standard InChI is InChI=1S/C17H24N4OS2/c1-11-8-6-7-9-13(11)12(2)18-14(22)10-23-16-21-20-15(24-16)19-17(3,4)5/h6-9,12H,10H2,1-5H3,(H,18,22)(H,19,20). The molecular formula is C17H24N4OS2. The van der Waals surface area contributed by atoms with Crippen LogP contribution in [-0.2, 0) is 4.79 Å². The van der Waals surface area contributed by atoms with Crippen LogP contribution in [0.15, 0.2) is 28.6 Å². The van der Waals surface area contributed by atoms with Gasteiger partial charge < -0.3 is 10.6 Å². The summed E-state index contributed by atoms with van der Waals surface area (Å²) < 4.78 is 0.792. The van der Waals surface area contributed by atoms with Crippen molar-refractivity contribution in [2.24, 2.45) is 0 Å². The predicted molar refractivity (Wildman–Crippen MR) is 102 cm³/mol. The molecule has 0 aliphatic rings. The number of anilines is 1. The van der Waals surface area contributed by atoms with Crippen LogP contribution in [0.25, 0.3) is 0 Å². The van der Waals surface area contributed by atoms with E-state index in [1.54, 1.807) is 0 Å². The third-order valence-electron chi connectivity index (χ3n) is 3.25. The second-order valence-electron chi connectivity index (χ2n) is 6.68. The van der Waals surface area contributed by atoms with Gasteiger partial charge in [0.2, 0.25) is 11.0 Å². The zero-order valence-electron chi connectivity index (χ0n) is 14.7. The predicted octanol–water partition coefficient (Wildman–Crippen LogP) is 4.03. The number of benzene rings is 1. The van der Waals surface area contributed by atoms with Crippen molar-refractivity contribution in [3.63, 3.8) is 0 Å². The Kier molecular flexibility index (Phi) is 6.23. The van der Waals surface area contributed by atoms with Gasteiger partial charge in [-0.15, -0.1) is 10.2 Å². The molecule has 24 heavy (non-hydrogen) atoms. The van der Waals surface area contributed by atoms with Crippen molar-refractivity contribution in [3.05, 3.63) is 35.4 Å². The van der Waals surface area contributed by atoms with E-state index in [9.17, 15) is 4.79 Å². The number of thioether (sulfide) groups is 1. The highest BCUT2D eigenvalue weighted by atomic mass is 32.2. The van der Waals surface area contributed by atoms with Crippen LogP contribution in [0.4, 0.5) is 5.13 Å². The van der Waals surface area contributed by atoms with E-state index in [4.69, 9.17) is 0 Å². The Morgan fingerprint density at radius 2 is 2.00 bits per heavy atom. The molecule has 0 saturated carbocycles. The van der Waals surface area contributed by atoms with Gasteiger partial charge in [-0.2, -0.15) is 0 Å². The number of hydrogen-bond donors (Lipinski definition) is 2. The average Bonchev–Trinajstić information content (AvgIpc) is 2.91. The minimum atomic E-state index is -0.0537. The third kappa shape index (κ3) is 5.79. The van der Waals surface area contributed by atoms with Gasteiger partial charge in [-0.25, -0.2) is 0 Å². The highest BCUT2D eigenvalue weighted by Gasteiger charge is 2.15. The van der Waals surface area contributed by atoms with Crippen LogP contribution in [-0.4, -0.2) is 27.4 Å². The fraction of sp³-hybridized carbons (Fsp3) is 0.471. The van der Waals surface area contributed by atoms with Crippen LogP contribution < -0.4 is 10.6 Å². The smallest absolute Gasteiger partial charge is 0.230 e. The SMILES string of the molecule is Cc1ccccc1C(C)NC(=O)CSc1nnc(NC(C)(C)C)s1. The van der Waals surface area contributed by atoms with Crippen LogP contribution in [0, 0.1) is 6.92 Å². The molecule has 1 amide bonds. The molecule has 0 saturated heterocycles. The molecule has 0 spiro atoms. The lowest BCUT2D eigenvalue weighted by Crippen LogP contribution is -2.28. The maximum atomic E-state index is 12.2. The van der Waals surface area contributed by atoms with Gasteiger partial charge in [0.15, 0.2) is 4.34 Å². The largest absolute Gasteiger partial charge is 0.355 e. The van der Waals surface area contributed by atoms with E-state index in [1.165, 1.54) is 28.7 Å². The molecule has 2 aromatic rings. The molecule has 0 radical (unpaired) electrons. The second kappa shape index (κ2) is 7.98. The molecule has 0 aliphatic heterocycles. The molecule has 2 N–H and O–H groups in total. The molecule has 1 aromatic carbocycles. The molecule has 1 aromatic heterocycles. The number of aryl methyl sites for hydroxylation is 1. The molecule has 1 atom stereocenters. The number of aromatic nitrogens is 2. The lowest BCUT2D eigenvalue weighted by atomic mass is 10.0. The summed E-state index contributed by atoms with van der Waals surface area (Å²) in [5.41, 5.74) is 2.27. The average molecular weight is 365 g/mol. The Morgan fingerprint density at radius 1 is 1.29 bits per heavy atom. The lowest BCUT2D eigenvalue weighted by Gasteiger charge is -2.18. The molecule has 0 bridgehead atoms. The zero-order valence-corrected chi connectivity index (χ0v) is 16.3. The van der Waals surface area contributed by atoms with Crippen molar-refractivity contribution in [1.82, 2.24) is 15.5 Å². The van der Waals surface area contributed by atoms with Crippen molar-refractivity contribution in [2.75, 3.05) is 11.1 Å². The maximum Gasteiger partial charge on any atom is 0.230 e. The molecule has 7 heteroatoms. The highest BCUT2D eigenvalue weighted by molar-refractivity contribution is 8.01. The van der Waals surface area contributed by atoms with Gasteiger partial charge in [0.1, 0.15) is 0 Å². The van der Waals surface area contributed by atoms with Gasteiger partial charge in [-0.1, -0.05) is 47.4 Å². The van der Waals surface area contributed by atoms with Crippen molar-refractivity contribution in [2.45, 2.75) is 50.5 Å². The number of hydrogen-bond acceptors (Lipinski definition) is 6. The van der Waals surface area contributed by atoms with Gasteiger partial charge >= 0.3 is 0 Å². The highest BCUT2D eigenvalue weighted by Crippen LogP contribution is 2.27. The Hall–Kier alpha value is -1.60. The van der Waals surface area contributed by atoms with Crippen molar-refractivity contribution >= 4 is 34.1 Å². The summed E-state index contributed by atoms with van der Waals surface area (Å²) in [5.74, 6) is 0.330. The fourth-order valence-corrected chi connectivity index (χ4v) is 3.97. The summed E-state index contributed by atoms with van der Waals surface area (Å²) in [4.78, 5) is 12.2. The molecule has 0 fully saturated rings. The molecular weight excluding hydrogens is 340 g/mol. The summed E-state index contributed by atoms with van der Waals surface area (Å²) in [7, 11) is 0.